The minimum atomic E-state index is -4.87. The summed E-state index contributed by atoms with van der Waals surface area (Å²) in [6, 6.07) is 0. The first kappa shape index (κ1) is 61.0. The van der Waals surface area contributed by atoms with Crippen LogP contribution in [0.1, 0.15) is 187 Å². The van der Waals surface area contributed by atoms with Gasteiger partial charge < -0.3 is 34.4 Å². The molecule has 0 radical (unpaired) electrons. The Kier molecular flexibility index (Phi) is 41.3. The van der Waals surface area contributed by atoms with Crippen molar-refractivity contribution in [2.75, 3.05) is 33.0 Å². The van der Waals surface area contributed by atoms with Crippen molar-refractivity contribution in [3.05, 3.63) is 48.6 Å². The van der Waals surface area contributed by atoms with Crippen LogP contribution in [0.2, 0.25) is 0 Å². The Labute approximate surface area is 380 Å². The Morgan fingerprint density at radius 1 is 0.508 bits per heavy atom. The quantitative estimate of drug-likeness (QED) is 0.0166. The first-order valence-corrected chi connectivity index (χ1v) is 26.8. The number of allylic oxidation sites excluding steroid dienone is 8. The summed E-state index contributed by atoms with van der Waals surface area (Å²) in [5.74, 6) is -0.292. The highest BCUT2D eigenvalue weighted by Gasteiger charge is 2.28. The van der Waals surface area contributed by atoms with Crippen LogP contribution in [0.15, 0.2) is 48.6 Å². The minimum absolute atomic E-state index is 0.0460. The molecule has 368 valence electrons. The van der Waals surface area contributed by atoms with Gasteiger partial charge in [0.05, 0.1) is 19.8 Å². The maximum absolute atomic E-state index is 12.7. The molecule has 63 heavy (non-hydrogen) atoms. The van der Waals surface area contributed by atoms with Crippen molar-refractivity contribution in [1.82, 2.24) is 0 Å². The molecule has 0 bridgehead atoms. The van der Waals surface area contributed by atoms with Crippen LogP contribution in [0.4, 0.5) is 0 Å². The van der Waals surface area contributed by atoms with E-state index in [-0.39, 0.29) is 19.4 Å². The van der Waals surface area contributed by atoms with Gasteiger partial charge in [-0.05, 0) is 63.7 Å². The van der Waals surface area contributed by atoms with Crippen molar-refractivity contribution in [1.29, 1.82) is 0 Å². The topological polar surface area (TPSA) is 216 Å². The van der Waals surface area contributed by atoms with Crippen LogP contribution in [0.25, 0.3) is 0 Å². The molecule has 0 aromatic carbocycles. The Morgan fingerprint density at radius 2 is 0.937 bits per heavy atom. The first-order valence-electron chi connectivity index (χ1n) is 23.8. The zero-order valence-corrected chi connectivity index (χ0v) is 40.6. The number of hydrogen-bond donors (Lipinski definition) is 5. The summed E-state index contributed by atoms with van der Waals surface area (Å²) >= 11 is 0. The molecule has 0 heterocycles. The van der Waals surface area contributed by atoms with Gasteiger partial charge in [-0.15, -0.1) is 0 Å². The zero-order chi connectivity index (χ0) is 46.7. The van der Waals surface area contributed by atoms with Crippen molar-refractivity contribution >= 4 is 27.6 Å². The molecule has 0 aliphatic heterocycles. The fourth-order valence-corrected chi connectivity index (χ4v) is 7.48. The van der Waals surface area contributed by atoms with Crippen LogP contribution in [-0.4, -0.2) is 82.1 Å². The number of ether oxygens (including phenoxy) is 2. The average molecular weight is 937 g/mol. The molecule has 0 aliphatic rings. The lowest BCUT2D eigenvalue weighted by molar-refractivity contribution is -0.161. The second-order valence-electron chi connectivity index (χ2n) is 16.6. The van der Waals surface area contributed by atoms with Gasteiger partial charge in [0, 0.05) is 19.4 Å². The molecular formula is C47H86O14P2. The van der Waals surface area contributed by atoms with Gasteiger partial charge in [-0.25, -0.2) is 9.13 Å². The van der Waals surface area contributed by atoms with Gasteiger partial charge in [0.25, 0.3) is 0 Å². The first-order chi connectivity index (χ1) is 30.2. The molecular weight excluding hydrogens is 850 g/mol. The Bertz CT molecular complexity index is 1310. The summed E-state index contributed by atoms with van der Waals surface area (Å²) in [7, 11) is -9.70. The molecule has 3 atom stereocenters. The SMILES string of the molecule is CC(C)CCCCCCCCCCCCCCCCCC(=O)OC[C@H](COP(=O)(O)OC[C@@H](O)COP(=O)(O)O)OC(=O)CCC/C=C\C/C=C\C/C=C\C/C=C\CCCCCO. The molecule has 0 saturated heterocycles. The number of carbonyl (C=O) groups excluding carboxylic acids is 2. The number of aliphatic hydroxyl groups excluding tert-OH is 2. The molecule has 0 rings (SSSR count). The van der Waals surface area contributed by atoms with E-state index in [1.807, 2.05) is 12.2 Å². The van der Waals surface area contributed by atoms with Gasteiger partial charge >= 0.3 is 27.6 Å². The van der Waals surface area contributed by atoms with Crippen molar-refractivity contribution in [2.24, 2.45) is 5.92 Å². The van der Waals surface area contributed by atoms with Gasteiger partial charge in [-0.3, -0.25) is 23.2 Å². The number of phosphoric acid groups is 2. The van der Waals surface area contributed by atoms with E-state index in [0.29, 0.717) is 19.3 Å². The molecule has 14 nitrogen and oxygen atoms in total. The third-order valence-electron chi connectivity index (χ3n) is 9.94. The van der Waals surface area contributed by atoms with Crippen LogP contribution in [0.3, 0.4) is 0 Å². The largest absolute Gasteiger partial charge is 0.472 e. The maximum Gasteiger partial charge on any atom is 0.472 e. The Balaban J connectivity index is 4.53. The van der Waals surface area contributed by atoms with E-state index in [0.717, 1.165) is 70.1 Å². The molecule has 0 fully saturated rings. The fraction of sp³-hybridized carbons (Fsp3) is 0.787. The Hall–Kier alpha value is -1.96. The number of rotatable bonds is 45. The average Bonchev–Trinajstić information content (AvgIpc) is 3.23. The molecule has 1 unspecified atom stereocenters. The van der Waals surface area contributed by atoms with Crippen LogP contribution in [0.5, 0.6) is 0 Å². The van der Waals surface area contributed by atoms with E-state index in [2.05, 4.69) is 59.4 Å². The molecule has 0 saturated carbocycles. The highest BCUT2D eigenvalue weighted by atomic mass is 31.2. The summed E-state index contributed by atoms with van der Waals surface area (Å²) < 4.78 is 47.8. The summed E-state index contributed by atoms with van der Waals surface area (Å²) in [6.45, 7) is 2.05. The summed E-state index contributed by atoms with van der Waals surface area (Å²) in [6.07, 6.45) is 41.2. The van der Waals surface area contributed by atoms with Crippen LogP contribution in [-0.2, 0) is 41.8 Å². The molecule has 16 heteroatoms. The second-order valence-corrected chi connectivity index (χ2v) is 19.3. The normalized spacial score (nSPS) is 14.4. The highest BCUT2D eigenvalue weighted by Crippen LogP contribution is 2.43. The van der Waals surface area contributed by atoms with Crippen molar-refractivity contribution < 1.29 is 66.7 Å². The molecule has 0 amide bonds. The van der Waals surface area contributed by atoms with Gasteiger partial charge in [0.2, 0.25) is 0 Å². The lowest BCUT2D eigenvalue weighted by Gasteiger charge is -2.20. The number of esters is 2. The molecule has 0 aromatic heterocycles. The Morgan fingerprint density at radius 3 is 1.44 bits per heavy atom. The zero-order valence-electron chi connectivity index (χ0n) is 38.8. The van der Waals surface area contributed by atoms with Gasteiger partial charge in [0.1, 0.15) is 12.7 Å². The van der Waals surface area contributed by atoms with E-state index in [4.69, 9.17) is 28.9 Å². The predicted molar refractivity (Wildman–Crippen MR) is 250 cm³/mol. The molecule has 5 N–H and O–H groups in total. The molecule has 0 aromatic rings. The van der Waals surface area contributed by atoms with E-state index in [1.165, 1.54) is 77.0 Å². The summed E-state index contributed by atoms with van der Waals surface area (Å²) in [5, 5.41) is 18.6. The molecule has 0 aliphatic carbocycles. The number of unbranched alkanes of at least 4 members (excludes halogenated alkanes) is 18. The lowest BCUT2D eigenvalue weighted by atomic mass is 10.0. The fourth-order valence-electron chi connectivity index (χ4n) is 6.33. The highest BCUT2D eigenvalue weighted by molar-refractivity contribution is 7.47. The van der Waals surface area contributed by atoms with E-state index in [9.17, 15) is 28.7 Å². The summed E-state index contributed by atoms with van der Waals surface area (Å²) in [4.78, 5) is 52.8. The lowest BCUT2D eigenvalue weighted by Crippen LogP contribution is -2.29. The third kappa shape index (κ3) is 47.8. The standard InChI is InChI=1S/C47H86O14P2/c1-43(2)35-31-27-23-19-15-11-7-6-9-12-16-20-24-28-32-36-46(50)57-41-45(42-60-63(55,56)59-40-44(49)39-58-62(52,53)54)61-47(51)37-33-29-25-21-17-13-8-4-3-5-10-14-18-22-26-30-34-38-48/h3,5,8,13-14,18,21,25,43-45,48-49H,4,6-7,9-12,15-17,19-20,22-24,26-42H2,1-2H3,(H,55,56)(H2,52,53,54)/b5-3-,13-8-,18-14-,25-21-/t44-,45+/m0/s1. The predicted octanol–water partition coefficient (Wildman–Crippen LogP) is 11.5. The van der Waals surface area contributed by atoms with Crippen LogP contribution >= 0.6 is 15.6 Å². The number of aliphatic hydroxyl groups is 2. The van der Waals surface area contributed by atoms with E-state index >= 15 is 0 Å². The van der Waals surface area contributed by atoms with Gasteiger partial charge in [-0.2, -0.15) is 0 Å². The van der Waals surface area contributed by atoms with Crippen LogP contribution < -0.4 is 0 Å². The summed E-state index contributed by atoms with van der Waals surface area (Å²) in [5.41, 5.74) is 0. The molecule has 0 spiro atoms. The third-order valence-corrected chi connectivity index (χ3v) is 11.4. The number of phosphoric ester groups is 2. The van der Waals surface area contributed by atoms with Gasteiger partial charge in [0.15, 0.2) is 6.10 Å². The van der Waals surface area contributed by atoms with Crippen molar-refractivity contribution in [3.63, 3.8) is 0 Å². The van der Waals surface area contributed by atoms with Crippen molar-refractivity contribution in [2.45, 2.75) is 199 Å². The minimum Gasteiger partial charge on any atom is -0.462 e. The number of hydrogen-bond acceptors (Lipinski definition) is 11. The second kappa shape index (κ2) is 42.7. The van der Waals surface area contributed by atoms with Gasteiger partial charge in [-0.1, -0.05) is 165 Å². The van der Waals surface area contributed by atoms with E-state index in [1.54, 1.807) is 0 Å². The van der Waals surface area contributed by atoms with Crippen molar-refractivity contribution in [3.8, 4) is 0 Å². The monoisotopic (exact) mass is 937 g/mol. The van der Waals surface area contributed by atoms with Crippen LogP contribution in [0, 0.1) is 5.92 Å². The maximum atomic E-state index is 12.7. The smallest absolute Gasteiger partial charge is 0.462 e. The van der Waals surface area contributed by atoms with E-state index < -0.39 is 66.2 Å². The number of carbonyl (C=O) groups is 2.